The Balaban J connectivity index is 1.57. The molecule has 2 aliphatic rings. The van der Waals surface area contributed by atoms with Gasteiger partial charge in [-0.15, -0.1) is 0 Å². The highest BCUT2D eigenvalue weighted by Crippen LogP contribution is 2.34. The number of aryl methyl sites for hydroxylation is 1. The van der Waals surface area contributed by atoms with Gasteiger partial charge in [-0.2, -0.15) is 0 Å². The van der Waals surface area contributed by atoms with Gasteiger partial charge in [0.25, 0.3) is 0 Å². The number of alkyl carbamates (subject to hydrolysis) is 1. The molecule has 1 N–H and O–H groups in total. The minimum absolute atomic E-state index is 0.229. The molecule has 4 nitrogen and oxygen atoms in total. The summed E-state index contributed by atoms with van der Waals surface area (Å²) in [5, 5.41) is 3.04. The molecule has 1 saturated heterocycles. The molecule has 1 aliphatic heterocycles. The predicted molar refractivity (Wildman–Crippen MR) is 101 cm³/mol. The number of likely N-dealkylation sites (tertiary alicyclic amines) is 1. The average Bonchev–Trinajstić information content (AvgIpc) is 2.76. The summed E-state index contributed by atoms with van der Waals surface area (Å²) in [6.45, 7) is 7.79. The number of nitrogens with zero attached hydrogens (tertiary/aromatic N) is 1. The van der Waals surface area contributed by atoms with Crippen LogP contribution >= 0.6 is 0 Å². The number of amides is 1. The first kappa shape index (κ1) is 18.2. The lowest BCUT2D eigenvalue weighted by molar-refractivity contribution is 0.0465. The monoisotopic (exact) mass is 344 g/mol. The van der Waals surface area contributed by atoms with Crippen LogP contribution in [0.2, 0.25) is 0 Å². The van der Waals surface area contributed by atoms with Gasteiger partial charge in [-0.05, 0) is 64.0 Å². The van der Waals surface area contributed by atoms with Gasteiger partial charge in [-0.3, -0.25) is 4.90 Å². The van der Waals surface area contributed by atoms with Gasteiger partial charge in [0.2, 0.25) is 0 Å². The molecule has 1 aliphatic carbocycles. The molecule has 0 bridgehead atoms. The van der Waals surface area contributed by atoms with Crippen LogP contribution in [-0.2, 0) is 11.2 Å². The average molecular weight is 344 g/mol. The second-order valence-corrected chi connectivity index (χ2v) is 8.42. The van der Waals surface area contributed by atoms with Crippen LogP contribution < -0.4 is 5.32 Å². The smallest absolute Gasteiger partial charge is 0.407 e. The number of carbonyl (C=O) groups excluding carboxylic acids is 1. The van der Waals surface area contributed by atoms with Gasteiger partial charge in [0.1, 0.15) is 5.60 Å². The number of piperidine rings is 1. The molecule has 25 heavy (non-hydrogen) atoms. The SMILES string of the molecule is CC(C)(C)OC(=O)NC1CCN([C@@H]2CCCCc3ccccc32)CC1. The van der Waals surface area contributed by atoms with E-state index in [0.29, 0.717) is 6.04 Å². The van der Waals surface area contributed by atoms with Crippen molar-refractivity contribution in [2.24, 2.45) is 0 Å². The van der Waals surface area contributed by atoms with Gasteiger partial charge in [-0.25, -0.2) is 4.79 Å². The Hall–Kier alpha value is -1.55. The number of fused-ring (bicyclic) bond motifs is 1. The molecule has 0 radical (unpaired) electrons. The van der Waals surface area contributed by atoms with Crippen LogP contribution in [-0.4, -0.2) is 35.7 Å². The lowest BCUT2D eigenvalue weighted by atomic mass is 9.95. The molecule has 4 heteroatoms. The number of carbonyl (C=O) groups is 1. The molecule has 0 spiro atoms. The second-order valence-electron chi connectivity index (χ2n) is 8.42. The van der Waals surface area contributed by atoms with E-state index in [2.05, 4.69) is 34.5 Å². The zero-order valence-corrected chi connectivity index (χ0v) is 15.9. The van der Waals surface area contributed by atoms with Crippen LogP contribution in [0.3, 0.4) is 0 Å². The van der Waals surface area contributed by atoms with E-state index in [1.807, 2.05) is 20.8 Å². The molecule has 1 amide bonds. The van der Waals surface area contributed by atoms with E-state index in [0.717, 1.165) is 25.9 Å². The van der Waals surface area contributed by atoms with Crippen molar-refractivity contribution in [1.29, 1.82) is 0 Å². The highest BCUT2D eigenvalue weighted by atomic mass is 16.6. The molecular weight excluding hydrogens is 312 g/mol. The Labute approximate surface area is 151 Å². The maximum Gasteiger partial charge on any atom is 0.407 e. The highest BCUT2D eigenvalue weighted by Gasteiger charge is 2.29. The fraction of sp³-hybridized carbons (Fsp3) is 0.667. The fourth-order valence-electron chi connectivity index (χ4n) is 4.10. The van der Waals surface area contributed by atoms with Crippen LogP contribution in [0.4, 0.5) is 4.79 Å². The third-order valence-corrected chi connectivity index (χ3v) is 5.28. The van der Waals surface area contributed by atoms with Gasteiger partial charge in [0.05, 0.1) is 0 Å². The first-order chi connectivity index (χ1) is 11.9. The van der Waals surface area contributed by atoms with Crippen molar-refractivity contribution in [2.45, 2.75) is 77.0 Å². The number of hydrogen-bond donors (Lipinski definition) is 1. The quantitative estimate of drug-likeness (QED) is 0.806. The zero-order chi connectivity index (χ0) is 17.9. The van der Waals surface area contributed by atoms with Crippen molar-refractivity contribution in [1.82, 2.24) is 10.2 Å². The van der Waals surface area contributed by atoms with Crippen LogP contribution in [0.1, 0.15) is 70.0 Å². The molecule has 0 saturated carbocycles. The summed E-state index contributed by atoms with van der Waals surface area (Å²) in [4.78, 5) is 14.6. The van der Waals surface area contributed by atoms with Gasteiger partial charge < -0.3 is 10.1 Å². The topological polar surface area (TPSA) is 41.6 Å². The minimum atomic E-state index is -0.436. The van der Waals surface area contributed by atoms with Crippen molar-refractivity contribution in [2.75, 3.05) is 13.1 Å². The Morgan fingerprint density at radius 2 is 1.84 bits per heavy atom. The molecule has 1 atom stereocenters. The summed E-state index contributed by atoms with van der Waals surface area (Å²) in [7, 11) is 0. The van der Waals surface area contributed by atoms with E-state index >= 15 is 0 Å². The fourth-order valence-corrected chi connectivity index (χ4v) is 4.10. The standard InChI is InChI=1S/C21H32N2O2/c1-21(2,3)25-20(24)22-17-12-14-23(15-13-17)19-11-7-5-9-16-8-4-6-10-18(16)19/h4,6,8,10,17,19H,5,7,9,11-15H2,1-3H3,(H,22,24)/t19-/m1/s1. The summed E-state index contributed by atoms with van der Waals surface area (Å²) in [6.07, 6.45) is 6.77. The van der Waals surface area contributed by atoms with E-state index in [1.165, 1.54) is 36.8 Å². The summed E-state index contributed by atoms with van der Waals surface area (Å²) >= 11 is 0. The first-order valence-electron chi connectivity index (χ1n) is 9.74. The van der Waals surface area contributed by atoms with E-state index in [1.54, 1.807) is 0 Å². The van der Waals surface area contributed by atoms with E-state index in [9.17, 15) is 4.79 Å². The summed E-state index contributed by atoms with van der Waals surface area (Å²) < 4.78 is 5.38. The first-order valence-corrected chi connectivity index (χ1v) is 9.74. The molecular formula is C21H32N2O2. The third-order valence-electron chi connectivity index (χ3n) is 5.28. The normalized spacial score (nSPS) is 22.8. The molecule has 1 aromatic carbocycles. The highest BCUT2D eigenvalue weighted by molar-refractivity contribution is 5.68. The van der Waals surface area contributed by atoms with Crippen LogP contribution in [0.15, 0.2) is 24.3 Å². The van der Waals surface area contributed by atoms with E-state index in [-0.39, 0.29) is 12.1 Å². The molecule has 3 rings (SSSR count). The lowest BCUT2D eigenvalue weighted by Crippen LogP contribution is -2.47. The predicted octanol–water partition coefficient (Wildman–Crippen LogP) is 4.44. The van der Waals surface area contributed by atoms with Crippen molar-refractivity contribution < 1.29 is 9.53 Å². The number of benzene rings is 1. The van der Waals surface area contributed by atoms with E-state index in [4.69, 9.17) is 4.74 Å². The van der Waals surface area contributed by atoms with Crippen molar-refractivity contribution in [3.63, 3.8) is 0 Å². The van der Waals surface area contributed by atoms with Crippen LogP contribution in [0.5, 0.6) is 0 Å². The lowest BCUT2D eigenvalue weighted by Gasteiger charge is -2.38. The molecule has 1 fully saturated rings. The van der Waals surface area contributed by atoms with Gasteiger partial charge >= 0.3 is 6.09 Å². The maximum absolute atomic E-state index is 12.0. The third kappa shape index (κ3) is 4.97. The summed E-state index contributed by atoms with van der Waals surface area (Å²) in [6, 6.07) is 9.72. The number of hydrogen-bond acceptors (Lipinski definition) is 3. The summed E-state index contributed by atoms with van der Waals surface area (Å²) in [5.41, 5.74) is 2.62. The van der Waals surface area contributed by atoms with Gasteiger partial charge in [0.15, 0.2) is 0 Å². The zero-order valence-electron chi connectivity index (χ0n) is 15.9. The summed E-state index contributed by atoms with van der Waals surface area (Å²) in [5.74, 6) is 0. The maximum atomic E-state index is 12.0. The Morgan fingerprint density at radius 3 is 2.56 bits per heavy atom. The number of rotatable bonds is 2. The second kappa shape index (κ2) is 7.77. The largest absolute Gasteiger partial charge is 0.444 e. The van der Waals surface area contributed by atoms with Gasteiger partial charge in [-0.1, -0.05) is 30.7 Å². The van der Waals surface area contributed by atoms with Crippen molar-refractivity contribution in [3.8, 4) is 0 Å². The Morgan fingerprint density at radius 1 is 1.12 bits per heavy atom. The Kier molecular flexibility index (Phi) is 5.67. The van der Waals surface area contributed by atoms with Crippen molar-refractivity contribution in [3.05, 3.63) is 35.4 Å². The van der Waals surface area contributed by atoms with Crippen molar-refractivity contribution >= 4 is 6.09 Å². The molecule has 1 heterocycles. The van der Waals surface area contributed by atoms with Gasteiger partial charge in [0, 0.05) is 25.2 Å². The van der Waals surface area contributed by atoms with Crippen LogP contribution in [0.25, 0.3) is 0 Å². The Bertz CT molecular complexity index is 586. The number of ether oxygens (including phenoxy) is 1. The molecule has 0 unspecified atom stereocenters. The number of nitrogens with one attached hydrogen (secondary N) is 1. The molecule has 138 valence electrons. The molecule has 0 aromatic heterocycles. The molecule has 1 aromatic rings. The van der Waals surface area contributed by atoms with E-state index < -0.39 is 5.60 Å². The van der Waals surface area contributed by atoms with Crippen LogP contribution in [0, 0.1) is 0 Å². The minimum Gasteiger partial charge on any atom is -0.444 e.